The Balaban J connectivity index is 1.69. The molecule has 0 saturated carbocycles. The van der Waals surface area contributed by atoms with Gasteiger partial charge in [-0.2, -0.15) is 0 Å². The molecule has 156 valence electrons. The van der Waals surface area contributed by atoms with Crippen LogP contribution in [0, 0.1) is 5.82 Å². The molecule has 0 aliphatic carbocycles. The molecule has 0 aliphatic heterocycles. The summed E-state index contributed by atoms with van der Waals surface area (Å²) in [4.78, 5) is 21.3. The molecule has 2 aromatic carbocycles. The molecule has 0 aliphatic rings. The Morgan fingerprint density at radius 1 is 1.06 bits per heavy atom. The first kappa shape index (κ1) is 21.2. The fourth-order valence-corrected chi connectivity index (χ4v) is 4.00. The van der Waals surface area contributed by atoms with Crippen molar-refractivity contribution in [1.82, 2.24) is 25.0 Å². The monoisotopic (exact) mass is 474 g/mol. The van der Waals surface area contributed by atoms with E-state index in [1.807, 2.05) is 0 Å². The van der Waals surface area contributed by atoms with Gasteiger partial charge in [0.2, 0.25) is 0 Å². The van der Waals surface area contributed by atoms with Crippen LogP contribution in [0.1, 0.15) is 16.2 Å². The van der Waals surface area contributed by atoms with Crippen LogP contribution in [0.3, 0.4) is 0 Å². The minimum absolute atomic E-state index is 0.101. The van der Waals surface area contributed by atoms with E-state index in [9.17, 15) is 9.18 Å². The SMILES string of the molecule is O=C(Nc1ccc(F)cc1)c1nnn(-c2cc(Cl)cc(Cl)c2)c1CSc1ncccn1. The Labute approximate surface area is 190 Å². The molecule has 0 saturated heterocycles. The van der Waals surface area contributed by atoms with Gasteiger partial charge in [-0.3, -0.25) is 4.79 Å². The van der Waals surface area contributed by atoms with Gasteiger partial charge in [0.05, 0.1) is 11.4 Å². The first-order chi connectivity index (χ1) is 15.0. The van der Waals surface area contributed by atoms with E-state index in [1.54, 1.807) is 36.7 Å². The van der Waals surface area contributed by atoms with E-state index in [0.717, 1.165) is 0 Å². The van der Waals surface area contributed by atoms with Crippen LogP contribution in [0.4, 0.5) is 10.1 Å². The largest absolute Gasteiger partial charge is 0.321 e. The normalized spacial score (nSPS) is 10.8. The van der Waals surface area contributed by atoms with Gasteiger partial charge in [0.25, 0.3) is 5.91 Å². The maximum atomic E-state index is 13.2. The highest BCUT2D eigenvalue weighted by Crippen LogP contribution is 2.26. The number of hydrogen-bond donors (Lipinski definition) is 1. The van der Waals surface area contributed by atoms with Crippen LogP contribution < -0.4 is 5.32 Å². The Kier molecular flexibility index (Phi) is 6.45. The standard InChI is InChI=1S/C20H13Cl2FN6OS/c21-12-8-13(22)10-16(9-12)29-17(11-31-20-24-6-1-7-25-20)18(27-28-29)19(30)26-15-4-2-14(23)3-5-15/h1-10H,11H2,(H,26,30). The van der Waals surface area contributed by atoms with Gasteiger partial charge in [0, 0.05) is 33.9 Å². The molecule has 0 atom stereocenters. The quantitative estimate of drug-likeness (QED) is 0.311. The number of rotatable bonds is 6. The van der Waals surface area contributed by atoms with Crippen molar-refractivity contribution in [1.29, 1.82) is 0 Å². The molecule has 11 heteroatoms. The van der Waals surface area contributed by atoms with Crippen LogP contribution in [0.5, 0.6) is 0 Å². The van der Waals surface area contributed by atoms with E-state index in [4.69, 9.17) is 23.2 Å². The number of aromatic nitrogens is 5. The molecule has 1 N–H and O–H groups in total. The van der Waals surface area contributed by atoms with Gasteiger partial charge < -0.3 is 5.32 Å². The summed E-state index contributed by atoms with van der Waals surface area (Å²) in [6.07, 6.45) is 3.26. The number of amides is 1. The van der Waals surface area contributed by atoms with Crippen molar-refractivity contribution in [3.63, 3.8) is 0 Å². The third-order valence-corrected chi connectivity index (χ3v) is 5.38. The van der Waals surface area contributed by atoms with Gasteiger partial charge in [0.1, 0.15) is 5.82 Å². The fourth-order valence-electron chi connectivity index (χ4n) is 2.69. The highest BCUT2D eigenvalue weighted by Gasteiger charge is 2.22. The van der Waals surface area contributed by atoms with Crippen LogP contribution in [0.15, 0.2) is 66.1 Å². The minimum Gasteiger partial charge on any atom is -0.321 e. The lowest BCUT2D eigenvalue weighted by Crippen LogP contribution is -2.15. The number of nitrogens with zero attached hydrogens (tertiary/aromatic N) is 5. The second-order valence-electron chi connectivity index (χ2n) is 6.21. The third-order valence-electron chi connectivity index (χ3n) is 4.05. The summed E-state index contributed by atoms with van der Waals surface area (Å²) in [7, 11) is 0. The summed E-state index contributed by atoms with van der Waals surface area (Å²) in [5.41, 5.74) is 1.58. The first-order valence-corrected chi connectivity index (χ1v) is 10.6. The summed E-state index contributed by atoms with van der Waals surface area (Å²) in [5, 5.41) is 12.3. The van der Waals surface area contributed by atoms with Gasteiger partial charge in [-0.05, 0) is 48.5 Å². The summed E-state index contributed by atoms with van der Waals surface area (Å²) >= 11 is 13.6. The second kappa shape index (κ2) is 9.42. The highest BCUT2D eigenvalue weighted by molar-refractivity contribution is 7.98. The molecular formula is C20H13Cl2FN6OS. The molecule has 0 fully saturated rings. The van der Waals surface area contributed by atoms with Crippen molar-refractivity contribution in [2.24, 2.45) is 0 Å². The van der Waals surface area contributed by atoms with Crippen molar-refractivity contribution < 1.29 is 9.18 Å². The molecule has 2 aromatic heterocycles. The van der Waals surface area contributed by atoms with Gasteiger partial charge in [-0.25, -0.2) is 19.0 Å². The van der Waals surface area contributed by atoms with Crippen LogP contribution in [0.25, 0.3) is 5.69 Å². The van der Waals surface area contributed by atoms with Gasteiger partial charge in [-0.1, -0.05) is 40.2 Å². The summed E-state index contributed by atoms with van der Waals surface area (Å²) in [6, 6.07) is 12.1. The molecule has 0 spiro atoms. The van der Waals surface area contributed by atoms with E-state index in [-0.39, 0.29) is 5.69 Å². The van der Waals surface area contributed by atoms with Crippen molar-refractivity contribution in [3.05, 3.63) is 88.2 Å². The molecule has 4 rings (SSSR count). The zero-order valence-electron chi connectivity index (χ0n) is 15.7. The van der Waals surface area contributed by atoms with E-state index in [0.29, 0.717) is 38.0 Å². The summed E-state index contributed by atoms with van der Waals surface area (Å²) in [5.74, 6) is -0.592. The molecule has 4 aromatic rings. The Hall–Kier alpha value is -3.01. The third kappa shape index (κ3) is 5.19. The van der Waals surface area contributed by atoms with Crippen LogP contribution in [-0.4, -0.2) is 30.9 Å². The zero-order valence-corrected chi connectivity index (χ0v) is 18.0. The average Bonchev–Trinajstić information content (AvgIpc) is 3.18. The number of carbonyl (C=O) groups excluding carboxylic acids is 1. The Morgan fingerprint density at radius 2 is 1.74 bits per heavy atom. The lowest BCUT2D eigenvalue weighted by atomic mass is 10.2. The molecule has 31 heavy (non-hydrogen) atoms. The lowest BCUT2D eigenvalue weighted by Gasteiger charge is -2.09. The predicted molar refractivity (Wildman–Crippen MR) is 117 cm³/mol. The summed E-state index contributed by atoms with van der Waals surface area (Å²) in [6.45, 7) is 0. The average molecular weight is 475 g/mol. The maximum Gasteiger partial charge on any atom is 0.278 e. The smallest absolute Gasteiger partial charge is 0.278 e. The maximum absolute atomic E-state index is 13.2. The molecule has 0 bridgehead atoms. The van der Waals surface area contributed by atoms with Gasteiger partial charge in [0.15, 0.2) is 10.9 Å². The Morgan fingerprint density at radius 3 is 2.42 bits per heavy atom. The number of thioether (sulfide) groups is 1. The van der Waals surface area contributed by atoms with Crippen LogP contribution in [-0.2, 0) is 5.75 Å². The van der Waals surface area contributed by atoms with E-state index in [2.05, 4.69) is 25.6 Å². The summed E-state index contributed by atoms with van der Waals surface area (Å²) < 4.78 is 14.6. The number of benzene rings is 2. The zero-order chi connectivity index (χ0) is 21.8. The second-order valence-corrected chi connectivity index (χ2v) is 8.02. The lowest BCUT2D eigenvalue weighted by molar-refractivity contribution is 0.102. The number of nitrogens with one attached hydrogen (secondary N) is 1. The first-order valence-electron chi connectivity index (χ1n) is 8.87. The Bertz CT molecular complexity index is 1200. The number of carbonyl (C=O) groups is 1. The molecule has 0 radical (unpaired) electrons. The van der Waals surface area contributed by atoms with Crippen LogP contribution >= 0.6 is 35.0 Å². The fraction of sp³-hybridized carbons (Fsp3) is 0.0500. The van der Waals surface area contributed by atoms with E-state index in [1.165, 1.54) is 40.7 Å². The van der Waals surface area contributed by atoms with Crippen LogP contribution in [0.2, 0.25) is 10.0 Å². The van der Waals surface area contributed by atoms with Crippen molar-refractivity contribution in [2.75, 3.05) is 5.32 Å². The van der Waals surface area contributed by atoms with E-state index >= 15 is 0 Å². The molecular weight excluding hydrogens is 462 g/mol. The number of hydrogen-bond acceptors (Lipinski definition) is 6. The minimum atomic E-state index is -0.490. The molecule has 2 heterocycles. The topological polar surface area (TPSA) is 85.6 Å². The van der Waals surface area contributed by atoms with Crippen molar-refractivity contribution in [2.45, 2.75) is 10.9 Å². The molecule has 7 nitrogen and oxygen atoms in total. The van der Waals surface area contributed by atoms with E-state index < -0.39 is 11.7 Å². The van der Waals surface area contributed by atoms with Gasteiger partial charge in [-0.15, -0.1) is 5.10 Å². The predicted octanol–water partition coefficient (Wildman–Crippen LogP) is 5.05. The number of halogens is 3. The molecule has 0 unspecified atom stereocenters. The highest BCUT2D eigenvalue weighted by atomic mass is 35.5. The van der Waals surface area contributed by atoms with Crippen molar-refractivity contribution >= 4 is 46.6 Å². The van der Waals surface area contributed by atoms with Crippen molar-refractivity contribution in [3.8, 4) is 5.69 Å². The molecule has 1 amide bonds. The van der Waals surface area contributed by atoms with Gasteiger partial charge >= 0.3 is 0 Å². The number of anilines is 1.